The average Bonchev–Trinajstić information content (AvgIpc) is 2.69. The van der Waals surface area contributed by atoms with Gasteiger partial charge in [-0.05, 0) is 37.5 Å². The van der Waals surface area contributed by atoms with Gasteiger partial charge in [-0.1, -0.05) is 12.2 Å². The van der Waals surface area contributed by atoms with Crippen LogP contribution < -0.4 is 5.73 Å². The number of rotatable bonds is 1. The predicted molar refractivity (Wildman–Crippen MR) is 42.6 cm³/mol. The van der Waals surface area contributed by atoms with Crippen LogP contribution >= 0.6 is 0 Å². The lowest BCUT2D eigenvalue weighted by atomic mass is 9.90. The fraction of sp³-hybridized carbons (Fsp3) is 0.778. The highest BCUT2D eigenvalue weighted by atomic mass is 14.7. The summed E-state index contributed by atoms with van der Waals surface area (Å²) in [5.74, 6) is 1.81. The van der Waals surface area contributed by atoms with Crippen LogP contribution in [-0.2, 0) is 0 Å². The maximum Gasteiger partial charge on any atom is 0.00738 e. The minimum Gasteiger partial charge on any atom is -0.327 e. The fourth-order valence-electron chi connectivity index (χ4n) is 1.98. The molecule has 0 radical (unpaired) electrons. The molecule has 56 valence electrons. The van der Waals surface area contributed by atoms with E-state index in [0.717, 1.165) is 11.8 Å². The third-order valence-electron chi connectivity index (χ3n) is 2.81. The molecule has 1 nitrogen and oxygen atoms in total. The molecule has 2 N–H and O–H groups in total. The number of hydrogen-bond donors (Lipinski definition) is 1. The normalized spacial score (nSPS) is 45.5. The van der Waals surface area contributed by atoms with Gasteiger partial charge in [0.2, 0.25) is 0 Å². The summed E-state index contributed by atoms with van der Waals surface area (Å²) in [5, 5.41) is 0. The second kappa shape index (κ2) is 2.39. The highest BCUT2D eigenvalue weighted by Gasteiger charge is 2.39. The first-order valence-electron chi connectivity index (χ1n) is 4.28. The van der Waals surface area contributed by atoms with Gasteiger partial charge in [-0.2, -0.15) is 0 Å². The molecule has 0 saturated heterocycles. The van der Waals surface area contributed by atoms with E-state index in [1.54, 1.807) is 0 Å². The van der Waals surface area contributed by atoms with E-state index in [4.69, 9.17) is 5.73 Å². The Bertz CT molecular complexity index is 151. The van der Waals surface area contributed by atoms with Gasteiger partial charge in [0.05, 0.1) is 0 Å². The first-order chi connectivity index (χ1) is 4.88. The van der Waals surface area contributed by atoms with Crippen LogP contribution in [0.5, 0.6) is 0 Å². The van der Waals surface area contributed by atoms with Gasteiger partial charge in [-0.25, -0.2) is 0 Å². The van der Waals surface area contributed by atoms with Crippen molar-refractivity contribution in [1.82, 2.24) is 0 Å². The lowest BCUT2D eigenvalue weighted by Gasteiger charge is -2.16. The molecule has 1 heteroatoms. The maximum absolute atomic E-state index is 5.77. The van der Waals surface area contributed by atoms with Gasteiger partial charge >= 0.3 is 0 Å². The lowest BCUT2D eigenvalue weighted by Crippen LogP contribution is -2.11. The summed E-state index contributed by atoms with van der Waals surface area (Å²) < 4.78 is 0. The predicted octanol–water partition coefficient (Wildman–Crippen LogP) is 1.69. The van der Waals surface area contributed by atoms with E-state index in [1.807, 2.05) is 0 Å². The van der Waals surface area contributed by atoms with Crippen LogP contribution in [0.4, 0.5) is 0 Å². The van der Waals surface area contributed by atoms with E-state index in [1.165, 1.54) is 25.7 Å². The van der Waals surface area contributed by atoms with Crippen LogP contribution in [0.1, 0.15) is 25.7 Å². The Labute approximate surface area is 62.3 Å². The smallest absolute Gasteiger partial charge is 0.00738 e. The summed E-state index contributed by atoms with van der Waals surface area (Å²) in [4.78, 5) is 0. The van der Waals surface area contributed by atoms with Gasteiger partial charge in [0.15, 0.2) is 0 Å². The summed E-state index contributed by atoms with van der Waals surface area (Å²) in [7, 11) is 0. The molecule has 0 aliphatic heterocycles. The first-order valence-corrected chi connectivity index (χ1v) is 4.28. The minimum absolute atomic E-state index is 0.552. The van der Waals surface area contributed by atoms with Crippen LogP contribution in [0.2, 0.25) is 0 Å². The molecule has 0 bridgehead atoms. The molecule has 1 fully saturated rings. The number of nitrogens with two attached hydrogens (primary N) is 1. The molecule has 0 amide bonds. The molecule has 0 aromatic carbocycles. The Morgan fingerprint density at radius 1 is 1.30 bits per heavy atom. The largest absolute Gasteiger partial charge is 0.327 e. The van der Waals surface area contributed by atoms with Crippen LogP contribution in [-0.4, -0.2) is 6.04 Å². The molecule has 10 heavy (non-hydrogen) atoms. The third kappa shape index (κ3) is 1.10. The number of allylic oxidation sites excluding steroid dienone is 2. The van der Waals surface area contributed by atoms with Crippen molar-refractivity contribution < 1.29 is 0 Å². The molecule has 0 heterocycles. The molecule has 2 aliphatic rings. The number of hydrogen-bond acceptors (Lipinski definition) is 1. The van der Waals surface area contributed by atoms with Crippen molar-refractivity contribution in [3.05, 3.63) is 12.2 Å². The van der Waals surface area contributed by atoms with Crippen molar-refractivity contribution in [3.63, 3.8) is 0 Å². The SMILES string of the molecule is NC1CC1C1CC=CCC1. The third-order valence-corrected chi connectivity index (χ3v) is 2.81. The monoisotopic (exact) mass is 137 g/mol. The summed E-state index contributed by atoms with van der Waals surface area (Å²) in [6, 6.07) is 0.552. The zero-order chi connectivity index (χ0) is 6.97. The van der Waals surface area contributed by atoms with Crippen molar-refractivity contribution in [2.24, 2.45) is 17.6 Å². The van der Waals surface area contributed by atoms with E-state index in [2.05, 4.69) is 12.2 Å². The van der Waals surface area contributed by atoms with E-state index >= 15 is 0 Å². The van der Waals surface area contributed by atoms with Gasteiger partial charge in [-0.15, -0.1) is 0 Å². The lowest BCUT2D eigenvalue weighted by molar-refractivity contribution is 0.415. The van der Waals surface area contributed by atoms with Gasteiger partial charge < -0.3 is 5.73 Å². The molecule has 2 aliphatic carbocycles. The summed E-state index contributed by atoms with van der Waals surface area (Å²) in [6.45, 7) is 0. The molecule has 1 saturated carbocycles. The maximum atomic E-state index is 5.77. The average molecular weight is 137 g/mol. The Kier molecular flexibility index (Phi) is 1.53. The van der Waals surface area contributed by atoms with Gasteiger partial charge in [0, 0.05) is 6.04 Å². The summed E-state index contributed by atoms with van der Waals surface area (Å²) >= 11 is 0. The van der Waals surface area contributed by atoms with Crippen LogP contribution in [0.25, 0.3) is 0 Å². The Balaban J connectivity index is 1.88. The Morgan fingerprint density at radius 2 is 2.10 bits per heavy atom. The fourth-order valence-corrected chi connectivity index (χ4v) is 1.98. The van der Waals surface area contributed by atoms with Crippen molar-refractivity contribution in [2.45, 2.75) is 31.7 Å². The second-order valence-corrected chi connectivity index (χ2v) is 3.61. The first kappa shape index (κ1) is 6.41. The highest BCUT2D eigenvalue weighted by molar-refractivity contribution is 5.00. The van der Waals surface area contributed by atoms with Crippen molar-refractivity contribution in [2.75, 3.05) is 0 Å². The summed E-state index contributed by atoms with van der Waals surface area (Å²) in [5.41, 5.74) is 5.77. The van der Waals surface area contributed by atoms with E-state index in [0.29, 0.717) is 6.04 Å². The van der Waals surface area contributed by atoms with Gasteiger partial charge in [0.25, 0.3) is 0 Å². The molecule has 3 atom stereocenters. The van der Waals surface area contributed by atoms with Crippen molar-refractivity contribution in [1.29, 1.82) is 0 Å². The quantitative estimate of drug-likeness (QED) is 0.547. The molecule has 2 rings (SSSR count). The van der Waals surface area contributed by atoms with Gasteiger partial charge in [0.1, 0.15) is 0 Å². The van der Waals surface area contributed by atoms with E-state index in [9.17, 15) is 0 Å². The Morgan fingerprint density at radius 3 is 2.60 bits per heavy atom. The summed E-state index contributed by atoms with van der Waals surface area (Å²) in [6.07, 6.45) is 9.86. The van der Waals surface area contributed by atoms with Gasteiger partial charge in [-0.3, -0.25) is 0 Å². The molecule has 0 spiro atoms. The Hall–Kier alpha value is -0.300. The highest BCUT2D eigenvalue weighted by Crippen LogP contribution is 2.41. The molecule has 0 aromatic heterocycles. The topological polar surface area (TPSA) is 26.0 Å². The van der Waals surface area contributed by atoms with Crippen LogP contribution in [0.15, 0.2) is 12.2 Å². The second-order valence-electron chi connectivity index (χ2n) is 3.61. The van der Waals surface area contributed by atoms with E-state index < -0.39 is 0 Å². The molecule has 0 aromatic rings. The molecular weight excluding hydrogens is 122 g/mol. The van der Waals surface area contributed by atoms with Crippen molar-refractivity contribution >= 4 is 0 Å². The van der Waals surface area contributed by atoms with Crippen LogP contribution in [0, 0.1) is 11.8 Å². The zero-order valence-corrected chi connectivity index (χ0v) is 6.29. The van der Waals surface area contributed by atoms with E-state index in [-0.39, 0.29) is 0 Å². The minimum atomic E-state index is 0.552. The van der Waals surface area contributed by atoms with Crippen molar-refractivity contribution in [3.8, 4) is 0 Å². The zero-order valence-electron chi connectivity index (χ0n) is 6.29. The molecule has 3 unspecified atom stereocenters. The van der Waals surface area contributed by atoms with Crippen LogP contribution in [0.3, 0.4) is 0 Å². The molecular formula is C9H15N. The standard InChI is InChI=1S/C9H15N/c10-9-6-8(9)7-4-2-1-3-5-7/h1-2,7-9H,3-6,10H2.